The number of allylic oxidation sites excluding steroid dienone is 1. The molecule has 0 aliphatic heterocycles. The highest BCUT2D eigenvalue weighted by Gasteiger charge is 2.22. The van der Waals surface area contributed by atoms with E-state index in [2.05, 4.69) is 0 Å². The lowest BCUT2D eigenvalue weighted by Gasteiger charge is -2.02. The smallest absolute Gasteiger partial charge is 0.258 e. The fourth-order valence-corrected chi connectivity index (χ4v) is 1.36. The number of nitrogens with two attached hydrogens (primary N) is 2. The van der Waals surface area contributed by atoms with Gasteiger partial charge in [-0.05, 0) is 0 Å². The highest BCUT2D eigenvalue weighted by molar-refractivity contribution is 6.23. The SMILES string of the molecule is NC(=O)C(C(N)=O)=C(O)C(=O)C=C(O)c1ccccc1. The van der Waals surface area contributed by atoms with Crippen LogP contribution in [-0.4, -0.2) is 27.8 Å². The number of hydrogen-bond acceptors (Lipinski definition) is 5. The molecular formula is C13H12N2O5. The Morgan fingerprint density at radius 2 is 1.45 bits per heavy atom. The first-order valence-corrected chi connectivity index (χ1v) is 5.37. The number of primary amides is 2. The monoisotopic (exact) mass is 276 g/mol. The highest BCUT2D eigenvalue weighted by Crippen LogP contribution is 2.12. The molecule has 7 nitrogen and oxygen atoms in total. The lowest BCUT2D eigenvalue weighted by Crippen LogP contribution is -2.29. The molecule has 0 aliphatic carbocycles. The summed E-state index contributed by atoms with van der Waals surface area (Å²) < 4.78 is 0. The first-order chi connectivity index (χ1) is 9.34. The number of aliphatic hydroxyl groups excluding tert-OH is 2. The van der Waals surface area contributed by atoms with Crippen LogP contribution < -0.4 is 11.5 Å². The molecule has 0 spiro atoms. The summed E-state index contributed by atoms with van der Waals surface area (Å²) in [4.78, 5) is 33.4. The van der Waals surface area contributed by atoms with Gasteiger partial charge >= 0.3 is 0 Å². The second-order valence-electron chi connectivity index (χ2n) is 3.71. The first kappa shape index (κ1) is 15.0. The molecule has 0 saturated heterocycles. The first-order valence-electron chi connectivity index (χ1n) is 5.37. The average Bonchev–Trinajstić information content (AvgIpc) is 2.38. The number of hydrogen-bond donors (Lipinski definition) is 4. The molecule has 0 saturated carbocycles. The van der Waals surface area contributed by atoms with Crippen molar-refractivity contribution >= 4 is 23.4 Å². The Labute approximate surface area is 113 Å². The van der Waals surface area contributed by atoms with Crippen molar-refractivity contribution in [1.82, 2.24) is 0 Å². The quantitative estimate of drug-likeness (QED) is 0.258. The highest BCUT2D eigenvalue weighted by atomic mass is 16.3. The van der Waals surface area contributed by atoms with Gasteiger partial charge in [-0.1, -0.05) is 30.3 Å². The molecular weight excluding hydrogens is 264 g/mol. The molecule has 0 radical (unpaired) electrons. The van der Waals surface area contributed by atoms with E-state index in [1.54, 1.807) is 18.2 Å². The molecule has 0 aliphatic rings. The Bertz CT molecular complexity index is 601. The van der Waals surface area contributed by atoms with Gasteiger partial charge in [0.2, 0.25) is 5.78 Å². The average molecular weight is 276 g/mol. The Balaban J connectivity index is 3.16. The van der Waals surface area contributed by atoms with Crippen LogP contribution >= 0.6 is 0 Å². The molecule has 0 aromatic heterocycles. The fraction of sp³-hybridized carbons (Fsp3) is 0. The molecule has 1 aromatic rings. The molecule has 7 heteroatoms. The van der Waals surface area contributed by atoms with Crippen molar-refractivity contribution in [1.29, 1.82) is 0 Å². The maximum Gasteiger partial charge on any atom is 0.258 e. The topological polar surface area (TPSA) is 144 Å². The molecule has 0 unspecified atom stereocenters. The van der Waals surface area contributed by atoms with Crippen molar-refractivity contribution in [2.24, 2.45) is 11.5 Å². The molecule has 6 N–H and O–H groups in total. The minimum absolute atomic E-state index is 0.313. The third kappa shape index (κ3) is 3.45. The van der Waals surface area contributed by atoms with Gasteiger partial charge in [-0.3, -0.25) is 14.4 Å². The lowest BCUT2D eigenvalue weighted by atomic mass is 10.1. The van der Waals surface area contributed by atoms with E-state index >= 15 is 0 Å². The summed E-state index contributed by atoms with van der Waals surface area (Å²) in [7, 11) is 0. The van der Waals surface area contributed by atoms with Crippen LogP contribution in [0.4, 0.5) is 0 Å². The zero-order valence-corrected chi connectivity index (χ0v) is 10.2. The van der Waals surface area contributed by atoms with Crippen LogP contribution in [0.3, 0.4) is 0 Å². The maximum atomic E-state index is 11.6. The van der Waals surface area contributed by atoms with E-state index in [0.29, 0.717) is 11.6 Å². The van der Waals surface area contributed by atoms with Crippen LogP contribution in [-0.2, 0) is 14.4 Å². The molecule has 0 bridgehead atoms. The predicted molar refractivity (Wildman–Crippen MR) is 70.1 cm³/mol. The molecule has 0 fully saturated rings. The molecule has 0 heterocycles. The summed E-state index contributed by atoms with van der Waals surface area (Å²) in [5, 5.41) is 19.2. The predicted octanol–water partition coefficient (Wildman–Crippen LogP) is -0.0627. The van der Waals surface area contributed by atoms with Crippen LogP contribution in [0.25, 0.3) is 5.76 Å². The van der Waals surface area contributed by atoms with E-state index in [0.717, 1.165) is 0 Å². The Morgan fingerprint density at radius 3 is 1.90 bits per heavy atom. The summed E-state index contributed by atoms with van der Waals surface area (Å²) in [6, 6.07) is 7.98. The molecule has 1 aromatic carbocycles. The number of ketones is 1. The minimum Gasteiger partial charge on any atom is -0.507 e. The van der Waals surface area contributed by atoms with Crippen molar-refractivity contribution in [3.05, 3.63) is 53.3 Å². The summed E-state index contributed by atoms with van der Waals surface area (Å²) in [6.45, 7) is 0. The van der Waals surface area contributed by atoms with E-state index < -0.39 is 34.7 Å². The van der Waals surface area contributed by atoms with Gasteiger partial charge in [-0.15, -0.1) is 0 Å². The number of aliphatic hydroxyl groups is 2. The second-order valence-corrected chi connectivity index (χ2v) is 3.71. The van der Waals surface area contributed by atoms with Crippen molar-refractivity contribution in [3.8, 4) is 0 Å². The summed E-state index contributed by atoms with van der Waals surface area (Å²) >= 11 is 0. The minimum atomic E-state index is -1.34. The van der Waals surface area contributed by atoms with Crippen molar-refractivity contribution in [2.45, 2.75) is 0 Å². The van der Waals surface area contributed by atoms with Gasteiger partial charge < -0.3 is 21.7 Å². The Kier molecular flexibility index (Phi) is 4.63. The van der Waals surface area contributed by atoms with Gasteiger partial charge in [0.05, 0.1) is 0 Å². The van der Waals surface area contributed by atoms with E-state index in [1.165, 1.54) is 12.1 Å². The van der Waals surface area contributed by atoms with Crippen molar-refractivity contribution < 1.29 is 24.6 Å². The largest absolute Gasteiger partial charge is 0.507 e. The fourth-order valence-electron chi connectivity index (χ4n) is 1.36. The zero-order valence-electron chi connectivity index (χ0n) is 10.2. The summed E-state index contributed by atoms with van der Waals surface area (Å²) in [5.41, 5.74) is 8.94. The third-order valence-corrected chi connectivity index (χ3v) is 2.30. The standard InChI is InChI=1S/C13H12N2O5/c14-12(19)10(13(15)20)11(18)9(17)6-8(16)7-4-2-1-3-5-7/h1-6,16,18H,(H2,14,19)(H2,15,20). The molecule has 20 heavy (non-hydrogen) atoms. The number of carbonyl (C=O) groups excluding carboxylic acids is 3. The maximum absolute atomic E-state index is 11.6. The van der Waals surface area contributed by atoms with Crippen LogP contribution in [0.5, 0.6) is 0 Å². The molecule has 0 atom stereocenters. The number of amides is 2. The van der Waals surface area contributed by atoms with Crippen LogP contribution in [0.1, 0.15) is 5.56 Å². The Morgan fingerprint density at radius 1 is 0.950 bits per heavy atom. The van der Waals surface area contributed by atoms with E-state index in [4.69, 9.17) is 11.5 Å². The Hall–Kier alpha value is -3.09. The normalized spacial score (nSPS) is 10.7. The van der Waals surface area contributed by atoms with Crippen LogP contribution in [0, 0.1) is 0 Å². The second kappa shape index (κ2) is 6.19. The number of rotatable bonds is 5. The van der Waals surface area contributed by atoms with Gasteiger partial charge in [0.1, 0.15) is 11.3 Å². The number of benzene rings is 1. The van der Waals surface area contributed by atoms with E-state index in [9.17, 15) is 24.6 Å². The molecule has 1 rings (SSSR count). The van der Waals surface area contributed by atoms with Gasteiger partial charge in [0.25, 0.3) is 11.8 Å². The van der Waals surface area contributed by atoms with Crippen LogP contribution in [0.15, 0.2) is 47.7 Å². The van der Waals surface area contributed by atoms with Gasteiger partial charge in [0, 0.05) is 11.6 Å². The van der Waals surface area contributed by atoms with Gasteiger partial charge in [-0.2, -0.15) is 0 Å². The van der Waals surface area contributed by atoms with E-state index in [-0.39, 0.29) is 0 Å². The van der Waals surface area contributed by atoms with Gasteiger partial charge in [-0.25, -0.2) is 0 Å². The lowest BCUT2D eigenvalue weighted by molar-refractivity contribution is -0.122. The number of carbonyl (C=O) groups is 3. The van der Waals surface area contributed by atoms with Crippen LogP contribution in [0.2, 0.25) is 0 Å². The summed E-state index contributed by atoms with van der Waals surface area (Å²) in [5.74, 6) is -5.51. The molecule has 104 valence electrons. The van der Waals surface area contributed by atoms with E-state index in [1.807, 2.05) is 0 Å². The van der Waals surface area contributed by atoms with Gasteiger partial charge in [0.15, 0.2) is 5.76 Å². The van der Waals surface area contributed by atoms with Crippen molar-refractivity contribution in [2.75, 3.05) is 0 Å². The molecule has 2 amide bonds. The van der Waals surface area contributed by atoms with Crippen molar-refractivity contribution in [3.63, 3.8) is 0 Å². The third-order valence-electron chi connectivity index (χ3n) is 2.30. The summed E-state index contributed by atoms with van der Waals surface area (Å²) in [6.07, 6.45) is 0.649. The zero-order chi connectivity index (χ0) is 15.3.